The molecule has 3 aromatic rings. The molecule has 1 aliphatic rings. The minimum atomic E-state index is -1.51. The van der Waals surface area contributed by atoms with Crippen LogP contribution in [0.2, 0.25) is 0 Å². The van der Waals surface area contributed by atoms with Crippen LogP contribution in [0.25, 0.3) is 11.2 Å². The minimum Gasteiger partial charge on any atom is -0.382 e. The van der Waals surface area contributed by atoms with Crippen molar-refractivity contribution in [2.45, 2.75) is 12.8 Å². The summed E-state index contributed by atoms with van der Waals surface area (Å²) in [7, 11) is 0. The van der Waals surface area contributed by atoms with Gasteiger partial charge < -0.3 is 5.73 Å². The number of carbonyl (C=O) groups is 1. The van der Waals surface area contributed by atoms with Crippen molar-refractivity contribution in [3.63, 3.8) is 0 Å². The van der Waals surface area contributed by atoms with Crippen LogP contribution in [0.3, 0.4) is 0 Å². The van der Waals surface area contributed by atoms with E-state index in [1.54, 1.807) is 42.5 Å². The van der Waals surface area contributed by atoms with Crippen molar-refractivity contribution in [1.82, 2.24) is 9.38 Å². The second-order valence-corrected chi connectivity index (χ2v) is 6.20. The number of pyridine rings is 1. The van der Waals surface area contributed by atoms with Gasteiger partial charge in [-0.15, -0.1) is 0 Å². The molecule has 2 aromatic heterocycles. The van der Waals surface area contributed by atoms with E-state index < -0.39 is 17.5 Å². The first kappa shape index (κ1) is 17.1. The molecule has 0 fully saturated rings. The minimum absolute atomic E-state index is 0.0143. The largest absolute Gasteiger partial charge is 0.382 e. The van der Waals surface area contributed by atoms with Crippen molar-refractivity contribution in [1.29, 1.82) is 0 Å². The summed E-state index contributed by atoms with van der Waals surface area (Å²) in [5.41, 5.74) is 7.19. The average Bonchev–Trinajstić information content (AvgIpc) is 3.01. The number of allylic oxidation sites excluding steroid dienone is 4. The molecule has 0 spiro atoms. The zero-order chi connectivity index (χ0) is 19.1. The van der Waals surface area contributed by atoms with Gasteiger partial charge in [-0.1, -0.05) is 30.3 Å². The number of nitrogen functional groups attached to an aromatic ring is 1. The summed E-state index contributed by atoms with van der Waals surface area (Å²) in [6.07, 6.45) is 1.17. The Bertz CT molecular complexity index is 1130. The van der Waals surface area contributed by atoms with Crippen LogP contribution in [0.5, 0.6) is 0 Å². The molecule has 2 heterocycles. The fourth-order valence-electron chi connectivity index (χ4n) is 3.18. The summed E-state index contributed by atoms with van der Waals surface area (Å²) in [6, 6.07) is 11.8. The van der Waals surface area contributed by atoms with Crippen LogP contribution in [0.15, 0.2) is 66.1 Å². The Morgan fingerprint density at radius 3 is 2.44 bits per heavy atom. The molecule has 0 atom stereocenters. The molecule has 1 aliphatic carbocycles. The SMILES string of the molecule is Nc1nc2ccc(C(=O)c3ccccc3)cn2c1C1=C(F)C(F)=C(F)CC1. The van der Waals surface area contributed by atoms with Crippen molar-refractivity contribution in [2.24, 2.45) is 0 Å². The highest BCUT2D eigenvalue weighted by atomic mass is 19.2. The topological polar surface area (TPSA) is 60.4 Å². The smallest absolute Gasteiger partial charge is 0.194 e. The van der Waals surface area contributed by atoms with Gasteiger partial charge in [-0.2, -0.15) is 0 Å². The quantitative estimate of drug-likeness (QED) is 0.677. The fraction of sp³-hybridized carbons (Fsp3) is 0.100. The van der Waals surface area contributed by atoms with Crippen LogP contribution in [-0.2, 0) is 0 Å². The van der Waals surface area contributed by atoms with Crippen LogP contribution in [0, 0.1) is 0 Å². The van der Waals surface area contributed by atoms with Crippen molar-refractivity contribution < 1.29 is 18.0 Å². The molecule has 0 saturated carbocycles. The van der Waals surface area contributed by atoms with E-state index >= 15 is 0 Å². The maximum absolute atomic E-state index is 14.3. The number of carbonyl (C=O) groups excluding carboxylic acids is 1. The van der Waals surface area contributed by atoms with Gasteiger partial charge in [0.1, 0.15) is 11.5 Å². The number of ketones is 1. The highest BCUT2D eigenvalue weighted by Crippen LogP contribution is 2.40. The van der Waals surface area contributed by atoms with E-state index in [0.29, 0.717) is 16.8 Å². The van der Waals surface area contributed by atoms with Crippen molar-refractivity contribution in [3.8, 4) is 0 Å². The summed E-state index contributed by atoms with van der Waals surface area (Å²) < 4.78 is 42.8. The Morgan fingerprint density at radius 2 is 1.70 bits per heavy atom. The monoisotopic (exact) mass is 369 g/mol. The van der Waals surface area contributed by atoms with Gasteiger partial charge in [0.15, 0.2) is 23.3 Å². The van der Waals surface area contributed by atoms with Crippen LogP contribution in [0.1, 0.15) is 34.5 Å². The first-order valence-electron chi connectivity index (χ1n) is 8.28. The van der Waals surface area contributed by atoms with Gasteiger partial charge >= 0.3 is 0 Å². The normalized spacial score (nSPS) is 14.9. The van der Waals surface area contributed by atoms with Gasteiger partial charge in [-0.3, -0.25) is 9.20 Å². The number of hydrogen-bond acceptors (Lipinski definition) is 3. The Balaban J connectivity index is 1.88. The Morgan fingerprint density at radius 1 is 0.963 bits per heavy atom. The molecule has 2 N–H and O–H groups in total. The molecular weight excluding hydrogens is 355 g/mol. The first-order valence-corrected chi connectivity index (χ1v) is 8.28. The lowest BCUT2D eigenvalue weighted by molar-refractivity contribution is 0.103. The number of aromatic nitrogens is 2. The third-order valence-corrected chi connectivity index (χ3v) is 4.52. The maximum atomic E-state index is 14.3. The maximum Gasteiger partial charge on any atom is 0.194 e. The number of nitrogens with two attached hydrogens (primary N) is 1. The van der Waals surface area contributed by atoms with Gasteiger partial charge in [-0.25, -0.2) is 18.2 Å². The molecule has 0 aliphatic heterocycles. The van der Waals surface area contributed by atoms with Gasteiger partial charge in [0, 0.05) is 29.3 Å². The predicted molar refractivity (Wildman–Crippen MR) is 96.0 cm³/mol. The molecule has 4 rings (SSSR count). The Labute approximate surface area is 152 Å². The van der Waals surface area contributed by atoms with Crippen LogP contribution < -0.4 is 5.73 Å². The molecular formula is C20H14F3N3O. The third kappa shape index (κ3) is 2.81. The van der Waals surface area contributed by atoms with Crippen molar-refractivity contribution in [2.75, 3.05) is 5.73 Å². The molecule has 136 valence electrons. The van der Waals surface area contributed by atoms with E-state index in [1.165, 1.54) is 10.6 Å². The van der Waals surface area contributed by atoms with Gasteiger partial charge in [0.25, 0.3) is 0 Å². The highest BCUT2D eigenvalue weighted by Gasteiger charge is 2.27. The lowest BCUT2D eigenvalue weighted by Crippen LogP contribution is -2.06. The first-order chi connectivity index (χ1) is 13.0. The number of benzene rings is 1. The predicted octanol–water partition coefficient (Wildman–Crippen LogP) is 4.77. The summed E-state index contributed by atoms with van der Waals surface area (Å²) in [5.74, 6) is -4.16. The highest BCUT2D eigenvalue weighted by molar-refractivity contribution is 6.09. The van der Waals surface area contributed by atoms with Crippen molar-refractivity contribution >= 4 is 22.8 Å². The Kier molecular flexibility index (Phi) is 4.07. The van der Waals surface area contributed by atoms with E-state index in [-0.39, 0.29) is 35.7 Å². The second kappa shape index (κ2) is 6.42. The number of imidazole rings is 1. The lowest BCUT2D eigenvalue weighted by atomic mass is 9.99. The van der Waals surface area contributed by atoms with E-state index in [0.717, 1.165) is 0 Å². The number of nitrogens with zero attached hydrogens (tertiary/aromatic N) is 2. The molecule has 0 amide bonds. The zero-order valence-electron chi connectivity index (χ0n) is 14.0. The molecule has 7 heteroatoms. The van der Waals surface area contributed by atoms with Gasteiger partial charge in [0.2, 0.25) is 0 Å². The number of anilines is 1. The fourth-order valence-corrected chi connectivity index (χ4v) is 3.18. The number of halogens is 3. The number of fused-ring (bicyclic) bond motifs is 1. The van der Waals surface area contributed by atoms with Crippen LogP contribution >= 0.6 is 0 Å². The number of rotatable bonds is 3. The second-order valence-electron chi connectivity index (χ2n) is 6.20. The molecule has 0 saturated heterocycles. The average molecular weight is 369 g/mol. The lowest BCUT2D eigenvalue weighted by Gasteiger charge is -2.14. The van der Waals surface area contributed by atoms with E-state index in [1.807, 2.05) is 0 Å². The molecule has 0 bridgehead atoms. The van der Waals surface area contributed by atoms with Crippen molar-refractivity contribution in [3.05, 3.63) is 83.0 Å². The van der Waals surface area contributed by atoms with Gasteiger partial charge in [0.05, 0.1) is 5.69 Å². The summed E-state index contributed by atoms with van der Waals surface area (Å²) >= 11 is 0. The molecule has 0 unspecified atom stereocenters. The number of hydrogen-bond donors (Lipinski definition) is 1. The van der Waals surface area contributed by atoms with Crippen LogP contribution in [0.4, 0.5) is 19.0 Å². The standard InChI is InChI=1S/C20H14F3N3O/c21-14-8-7-13(16(22)17(14)23)18-20(24)25-15-9-6-12(10-26(15)18)19(27)11-4-2-1-3-5-11/h1-6,9-10H,7-8,24H2. The van der Waals surface area contributed by atoms with Crippen LogP contribution in [-0.4, -0.2) is 15.2 Å². The third-order valence-electron chi connectivity index (χ3n) is 4.52. The summed E-state index contributed by atoms with van der Waals surface area (Å²) in [4.78, 5) is 16.8. The summed E-state index contributed by atoms with van der Waals surface area (Å²) in [5, 5.41) is 0. The molecule has 0 radical (unpaired) electrons. The Hall–Kier alpha value is -3.35. The van der Waals surface area contributed by atoms with E-state index in [9.17, 15) is 18.0 Å². The molecule has 4 nitrogen and oxygen atoms in total. The van der Waals surface area contributed by atoms with E-state index in [2.05, 4.69) is 4.98 Å². The van der Waals surface area contributed by atoms with E-state index in [4.69, 9.17) is 5.73 Å². The zero-order valence-corrected chi connectivity index (χ0v) is 14.0. The van der Waals surface area contributed by atoms with Gasteiger partial charge in [-0.05, 0) is 18.6 Å². The molecule has 1 aromatic carbocycles. The molecule has 27 heavy (non-hydrogen) atoms. The summed E-state index contributed by atoms with van der Waals surface area (Å²) in [6.45, 7) is 0.